The highest BCUT2D eigenvalue weighted by atomic mass is 32.2. The van der Waals surface area contributed by atoms with E-state index >= 15 is 0 Å². The van der Waals surface area contributed by atoms with Gasteiger partial charge in [-0.05, 0) is 74.4 Å². The van der Waals surface area contributed by atoms with E-state index < -0.39 is 10.0 Å². The van der Waals surface area contributed by atoms with E-state index in [1.807, 2.05) is 19.9 Å². The standard InChI is InChI=1S/C24H32N2O3S/c1-5-23(20-11-9-17(2)19(4)15-20)25-24(27)22-16-21(12-10-18(22)3)30(28,29)26-13-7-6-8-14-26/h9-12,15-16,23H,5-8,13-14H2,1-4H3,(H,25,27). The zero-order chi connectivity index (χ0) is 21.9. The molecule has 6 heteroatoms. The molecule has 0 bridgehead atoms. The third-order valence-electron chi connectivity index (χ3n) is 6.05. The predicted molar refractivity (Wildman–Crippen MR) is 120 cm³/mol. The highest BCUT2D eigenvalue weighted by molar-refractivity contribution is 7.89. The fraction of sp³-hybridized carbons (Fsp3) is 0.458. The Hall–Kier alpha value is -2.18. The minimum Gasteiger partial charge on any atom is -0.345 e. The quantitative estimate of drug-likeness (QED) is 0.727. The smallest absolute Gasteiger partial charge is 0.252 e. The van der Waals surface area contributed by atoms with Crippen LogP contribution in [0.5, 0.6) is 0 Å². The van der Waals surface area contributed by atoms with Crippen molar-refractivity contribution in [3.05, 3.63) is 64.2 Å². The molecule has 0 spiro atoms. The van der Waals surface area contributed by atoms with Crippen LogP contribution in [0.1, 0.15) is 71.3 Å². The molecular weight excluding hydrogens is 396 g/mol. The lowest BCUT2D eigenvalue weighted by atomic mass is 9.99. The van der Waals surface area contributed by atoms with Crippen LogP contribution >= 0.6 is 0 Å². The first-order valence-electron chi connectivity index (χ1n) is 10.7. The molecule has 1 amide bonds. The van der Waals surface area contributed by atoms with E-state index in [-0.39, 0.29) is 16.8 Å². The Balaban J connectivity index is 1.86. The Morgan fingerprint density at radius 3 is 2.27 bits per heavy atom. The summed E-state index contributed by atoms with van der Waals surface area (Å²) in [4.78, 5) is 13.3. The third-order valence-corrected chi connectivity index (χ3v) is 7.95. The van der Waals surface area contributed by atoms with Crippen LogP contribution in [-0.2, 0) is 10.0 Å². The van der Waals surface area contributed by atoms with Crippen LogP contribution in [0.25, 0.3) is 0 Å². The van der Waals surface area contributed by atoms with Crippen molar-refractivity contribution in [2.45, 2.75) is 64.3 Å². The lowest BCUT2D eigenvalue weighted by Crippen LogP contribution is -2.36. The van der Waals surface area contributed by atoms with Crippen molar-refractivity contribution in [2.24, 2.45) is 0 Å². The minimum atomic E-state index is -3.58. The van der Waals surface area contributed by atoms with Crippen LogP contribution in [0.15, 0.2) is 41.3 Å². The molecule has 1 aliphatic rings. The summed E-state index contributed by atoms with van der Waals surface area (Å²) in [5, 5.41) is 3.10. The zero-order valence-electron chi connectivity index (χ0n) is 18.4. The summed E-state index contributed by atoms with van der Waals surface area (Å²) in [5.74, 6) is -0.242. The molecule has 0 aromatic heterocycles. The second kappa shape index (κ2) is 9.31. The van der Waals surface area contributed by atoms with Gasteiger partial charge >= 0.3 is 0 Å². The number of rotatable bonds is 6. The van der Waals surface area contributed by atoms with Crippen molar-refractivity contribution in [2.75, 3.05) is 13.1 Å². The molecule has 1 heterocycles. The monoisotopic (exact) mass is 428 g/mol. The predicted octanol–water partition coefficient (Wildman–Crippen LogP) is 4.67. The number of nitrogens with zero attached hydrogens (tertiary/aromatic N) is 1. The Morgan fingerprint density at radius 1 is 0.967 bits per heavy atom. The second-order valence-electron chi connectivity index (χ2n) is 8.22. The van der Waals surface area contributed by atoms with Crippen molar-refractivity contribution < 1.29 is 13.2 Å². The summed E-state index contributed by atoms with van der Waals surface area (Å²) in [6.07, 6.45) is 3.57. The number of piperidine rings is 1. The van der Waals surface area contributed by atoms with Gasteiger partial charge in [0.15, 0.2) is 0 Å². The number of carbonyl (C=O) groups excluding carboxylic acids is 1. The van der Waals surface area contributed by atoms with Gasteiger partial charge in [0.05, 0.1) is 10.9 Å². The molecule has 162 valence electrons. The first-order chi connectivity index (χ1) is 14.2. The summed E-state index contributed by atoms with van der Waals surface area (Å²) in [6.45, 7) is 9.08. The minimum absolute atomic E-state index is 0.126. The van der Waals surface area contributed by atoms with Gasteiger partial charge in [0.2, 0.25) is 10.0 Å². The number of aryl methyl sites for hydroxylation is 3. The van der Waals surface area contributed by atoms with Gasteiger partial charge in [-0.3, -0.25) is 4.79 Å². The van der Waals surface area contributed by atoms with Gasteiger partial charge in [0, 0.05) is 18.7 Å². The van der Waals surface area contributed by atoms with E-state index in [9.17, 15) is 13.2 Å². The van der Waals surface area contributed by atoms with Crippen molar-refractivity contribution in [1.29, 1.82) is 0 Å². The lowest BCUT2D eigenvalue weighted by molar-refractivity contribution is 0.0934. The van der Waals surface area contributed by atoms with Gasteiger partial charge in [-0.2, -0.15) is 4.31 Å². The zero-order valence-corrected chi connectivity index (χ0v) is 19.2. The number of hydrogen-bond acceptors (Lipinski definition) is 3. The highest BCUT2D eigenvalue weighted by Crippen LogP contribution is 2.24. The first-order valence-corrected chi connectivity index (χ1v) is 12.2. The van der Waals surface area contributed by atoms with Crippen molar-refractivity contribution in [1.82, 2.24) is 9.62 Å². The van der Waals surface area contributed by atoms with Crippen molar-refractivity contribution in [3.63, 3.8) is 0 Å². The molecule has 1 N–H and O–H groups in total. The van der Waals surface area contributed by atoms with E-state index in [0.717, 1.165) is 36.8 Å². The molecule has 2 aromatic rings. The molecular formula is C24H32N2O3S. The van der Waals surface area contributed by atoms with Gasteiger partial charge in [-0.1, -0.05) is 37.6 Å². The van der Waals surface area contributed by atoms with Crippen LogP contribution in [0.4, 0.5) is 0 Å². The highest BCUT2D eigenvalue weighted by Gasteiger charge is 2.27. The molecule has 30 heavy (non-hydrogen) atoms. The van der Waals surface area contributed by atoms with Crippen LogP contribution in [0.3, 0.4) is 0 Å². The van der Waals surface area contributed by atoms with Crippen LogP contribution in [0.2, 0.25) is 0 Å². The first kappa shape index (κ1) is 22.5. The Bertz CT molecular complexity index is 1020. The summed E-state index contributed by atoms with van der Waals surface area (Å²) in [6, 6.07) is 10.9. The Labute approximate surface area is 180 Å². The maximum Gasteiger partial charge on any atom is 0.252 e. The fourth-order valence-electron chi connectivity index (χ4n) is 3.90. The molecule has 1 atom stereocenters. The topological polar surface area (TPSA) is 66.5 Å². The summed E-state index contributed by atoms with van der Waals surface area (Å²) >= 11 is 0. The van der Waals surface area contributed by atoms with Gasteiger partial charge < -0.3 is 5.32 Å². The molecule has 0 aliphatic carbocycles. The number of carbonyl (C=O) groups is 1. The summed E-state index contributed by atoms with van der Waals surface area (Å²) in [5.41, 5.74) is 4.64. The van der Waals surface area contributed by atoms with Gasteiger partial charge in [0.1, 0.15) is 0 Å². The molecule has 3 rings (SSSR count). The normalized spacial score (nSPS) is 16.3. The van der Waals surface area contributed by atoms with Crippen LogP contribution in [-0.4, -0.2) is 31.7 Å². The molecule has 2 aromatic carbocycles. The molecule has 0 saturated carbocycles. The third kappa shape index (κ3) is 4.76. The molecule has 1 saturated heterocycles. The average Bonchev–Trinajstić information content (AvgIpc) is 2.74. The molecule has 0 radical (unpaired) electrons. The summed E-state index contributed by atoms with van der Waals surface area (Å²) in [7, 11) is -3.58. The van der Waals surface area contributed by atoms with Crippen molar-refractivity contribution in [3.8, 4) is 0 Å². The second-order valence-corrected chi connectivity index (χ2v) is 10.2. The Morgan fingerprint density at radius 2 is 1.63 bits per heavy atom. The van der Waals surface area contributed by atoms with Crippen LogP contribution < -0.4 is 5.32 Å². The maximum atomic E-state index is 13.1. The largest absolute Gasteiger partial charge is 0.345 e. The molecule has 1 fully saturated rings. The molecule has 5 nitrogen and oxygen atoms in total. The maximum absolute atomic E-state index is 13.1. The average molecular weight is 429 g/mol. The number of hydrogen-bond donors (Lipinski definition) is 1. The number of benzene rings is 2. The van der Waals surface area contributed by atoms with E-state index in [1.165, 1.54) is 21.5 Å². The fourth-order valence-corrected chi connectivity index (χ4v) is 5.44. The lowest BCUT2D eigenvalue weighted by Gasteiger charge is -2.26. The SMILES string of the molecule is CCC(NC(=O)c1cc(S(=O)(=O)N2CCCCC2)ccc1C)c1ccc(C)c(C)c1. The van der Waals surface area contributed by atoms with Gasteiger partial charge in [-0.25, -0.2) is 8.42 Å². The summed E-state index contributed by atoms with van der Waals surface area (Å²) < 4.78 is 27.6. The molecule has 1 aliphatic heterocycles. The van der Waals surface area contributed by atoms with Gasteiger partial charge in [-0.15, -0.1) is 0 Å². The number of sulfonamides is 1. The Kier molecular flexibility index (Phi) is 6.98. The van der Waals surface area contributed by atoms with Crippen LogP contribution in [0, 0.1) is 20.8 Å². The van der Waals surface area contributed by atoms with E-state index in [4.69, 9.17) is 0 Å². The van der Waals surface area contributed by atoms with Gasteiger partial charge in [0.25, 0.3) is 5.91 Å². The van der Waals surface area contributed by atoms with E-state index in [2.05, 4.69) is 31.3 Å². The van der Waals surface area contributed by atoms with E-state index in [1.54, 1.807) is 12.1 Å². The molecule has 1 unspecified atom stereocenters. The van der Waals surface area contributed by atoms with Crippen molar-refractivity contribution >= 4 is 15.9 Å². The van der Waals surface area contributed by atoms with E-state index in [0.29, 0.717) is 18.7 Å². The number of amides is 1. The number of nitrogens with one attached hydrogen (secondary N) is 1.